The normalized spacial score (nSPS) is 22.3. The number of nitrogens with one attached hydrogen (secondary N) is 1. The van der Waals surface area contributed by atoms with Crippen molar-refractivity contribution in [1.29, 1.82) is 0 Å². The number of nitrogens with zero attached hydrogens (tertiary/aromatic N) is 2. The number of rotatable bonds is 2. The molecule has 4 rings (SSSR count). The number of fused-ring (bicyclic) bond motifs is 1. The van der Waals surface area contributed by atoms with E-state index in [0.717, 1.165) is 29.1 Å². The summed E-state index contributed by atoms with van der Waals surface area (Å²) in [5, 5.41) is 0. The summed E-state index contributed by atoms with van der Waals surface area (Å²) in [5.41, 5.74) is 9.38. The molecule has 2 aromatic rings. The predicted molar refractivity (Wildman–Crippen MR) is 85.9 cm³/mol. The van der Waals surface area contributed by atoms with Crippen LogP contribution in [0.25, 0.3) is 11.0 Å². The first-order valence-corrected chi connectivity index (χ1v) is 8.19. The maximum atomic E-state index is 5.83. The van der Waals surface area contributed by atoms with Crippen molar-refractivity contribution < 1.29 is 0 Å². The maximum Gasteiger partial charge on any atom is 0.121 e. The first-order chi connectivity index (χ1) is 10.2. The Morgan fingerprint density at radius 2 is 1.90 bits per heavy atom. The first kappa shape index (κ1) is 13.1. The molecule has 0 radical (unpaired) electrons. The van der Waals surface area contributed by atoms with Crippen LogP contribution >= 0.6 is 0 Å². The Hall–Kier alpha value is -1.55. The fraction of sp³-hybridized carbons (Fsp3) is 0.588. The summed E-state index contributed by atoms with van der Waals surface area (Å²) in [5.74, 6) is 1.07. The molecule has 2 aliphatic rings. The van der Waals surface area contributed by atoms with Gasteiger partial charge in [-0.2, -0.15) is 0 Å². The van der Waals surface area contributed by atoms with Gasteiger partial charge in [0.25, 0.3) is 0 Å². The van der Waals surface area contributed by atoms with Crippen LogP contribution in [0.15, 0.2) is 18.2 Å². The van der Waals surface area contributed by atoms with Gasteiger partial charge in [-0.1, -0.05) is 12.8 Å². The Morgan fingerprint density at radius 3 is 2.67 bits per heavy atom. The van der Waals surface area contributed by atoms with Crippen LogP contribution in [0.4, 0.5) is 5.69 Å². The van der Waals surface area contributed by atoms with Crippen LogP contribution in [-0.2, 0) is 6.54 Å². The second-order valence-electron chi connectivity index (χ2n) is 6.94. The van der Waals surface area contributed by atoms with Gasteiger partial charge in [0.15, 0.2) is 0 Å². The summed E-state index contributed by atoms with van der Waals surface area (Å²) in [4.78, 5) is 10.6. The van der Waals surface area contributed by atoms with E-state index in [1.165, 1.54) is 51.6 Å². The van der Waals surface area contributed by atoms with Crippen molar-refractivity contribution in [2.75, 3.05) is 18.8 Å². The predicted octanol–water partition coefficient (Wildman–Crippen LogP) is 3.30. The largest absolute Gasteiger partial charge is 0.399 e. The lowest BCUT2D eigenvalue weighted by atomic mass is 9.77. The van der Waals surface area contributed by atoms with Gasteiger partial charge in [0.05, 0.1) is 17.6 Å². The number of anilines is 1. The van der Waals surface area contributed by atoms with Crippen molar-refractivity contribution in [3.05, 3.63) is 24.0 Å². The zero-order valence-electron chi connectivity index (χ0n) is 12.6. The average molecular weight is 284 g/mol. The van der Waals surface area contributed by atoms with E-state index in [-0.39, 0.29) is 0 Å². The lowest BCUT2D eigenvalue weighted by Crippen LogP contribution is -2.38. The standard InChI is InChI=1S/C17H24N4/c18-13-3-4-14-15(11-13)20-16(19-14)12-21-9-7-17(8-10-21)5-1-2-6-17/h3-4,11H,1-2,5-10,12,18H2,(H,19,20). The smallest absolute Gasteiger partial charge is 0.121 e. The molecular weight excluding hydrogens is 260 g/mol. The number of aromatic amines is 1. The van der Waals surface area contributed by atoms with E-state index in [1.54, 1.807) is 0 Å². The molecular formula is C17H24N4. The number of aromatic nitrogens is 2. The molecule has 0 amide bonds. The minimum atomic E-state index is 0.693. The molecule has 112 valence electrons. The van der Waals surface area contributed by atoms with E-state index in [9.17, 15) is 0 Å². The van der Waals surface area contributed by atoms with Crippen LogP contribution in [0.1, 0.15) is 44.3 Å². The second kappa shape index (κ2) is 5.02. The number of benzene rings is 1. The first-order valence-electron chi connectivity index (χ1n) is 8.19. The van der Waals surface area contributed by atoms with Gasteiger partial charge < -0.3 is 10.7 Å². The molecule has 1 aliphatic heterocycles. The molecule has 1 aromatic heterocycles. The van der Waals surface area contributed by atoms with Crippen LogP contribution in [-0.4, -0.2) is 28.0 Å². The zero-order valence-corrected chi connectivity index (χ0v) is 12.6. The van der Waals surface area contributed by atoms with Crippen LogP contribution in [0.3, 0.4) is 0 Å². The summed E-state index contributed by atoms with van der Waals surface area (Å²) in [6.07, 6.45) is 8.58. The van der Waals surface area contributed by atoms with Gasteiger partial charge in [0, 0.05) is 5.69 Å². The number of hydrogen-bond acceptors (Lipinski definition) is 3. The molecule has 0 bridgehead atoms. The SMILES string of the molecule is Nc1ccc2nc(CN3CCC4(CCCC4)CC3)[nH]c2c1. The molecule has 0 unspecified atom stereocenters. The molecule has 1 saturated carbocycles. The number of imidazole rings is 1. The Balaban J connectivity index is 1.43. The van der Waals surface area contributed by atoms with Gasteiger partial charge in [-0.05, 0) is 62.4 Å². The minimum absolute atomic E-state index is 0.693. The molecule has 0 atom stereocenters. The number of piperidine rings is 1. The van der Waals surface area contributed by atoms with Crippen molar-refractivity contribution in [1.82, 2.24) is 14.9 Å². The number of likely N-dealkylation sites (tertiary alicyclic amines) is 1. The van der Waals surface area contributed by atoms with E-state index < -0.39 is 0 Å². The van der Waals surface area contributed by atoms with E-state index in [1.807, 2.05) is 18.2 Å². The average Bonchev–Trinajstić information content (AvgIpc) is 3.08. The van der Waals surface area contributed by atoms with Gasteiger partial charge in [0.2, 0.25) is 0 Å². The lowest BCUT2D eigenvalue weighted by Gasteiger charge is -2.39. The summed E-state index contributed by atoms with van der Waals surface area (Å²) >= 11 is 0. The summed E-state index contributed by atoms with van der Waals surface area (Å²) in [7, 11) is 0. The molecule has 4 nitrogen and oxygen atoms in total. The molecule has 2 fully saturated rings. The summed E-state index contributed by atoms with van der Waals surface area (Å²) in [6, 6.07) is 5.88. The van der Waals surface area contributed by atoms with Gasteiger partial charge in [0.1, 0.15) is 5.82 Å². The highest BCUT2D eigenvalue weighted by molar-refractivity contribution is 5.78. The molecule has 1 saturated heterocycles. The molecule has 1 aliphatic carbocycles. The van der Waals surface area contributed by atoms with Gasteiger partial charge >= 0.3 is 0 Å². The van der Waals surface area contributed by atoms with Gasteiger partial charge in [-0.3, -0.25) is 4.90 Å². The number of nitrogen functional groups attached to an aromatic ring is 1. The highest BCUT2D eigenvalue weighted by Gasteiger charge is 2.36. The van der Waals surface area contributed by atoms with Crippen molar-refractivity contribution >= 4 is 16.7 Å². The molecule has 3 N–H and O–H groups in total. The summed E-state index contributed by atoms with van der Waals surface area (Å²) in [6.45, 7) is 3.38. The number of H-pyrrole nitrogens is 1. The molecule has 1 spiro atoms. The fourth-order valence-electron chi connectivity index (χ4n) is 4.18. The maximum absolute atomic E-state index is 5.83. The van der Waals surface area contributed by atoms with Crippen molar-refractivity contribution in [2.24, 2.45) is 5.41 Å². The topological polar surface area (TPSA) is 57.9 Å². The highest BCUT2D eigenvalue weighted by Crippen LogP contribution is 2.46. The Morgan fingerprint density at radius 1 is 1.14 bits per heavy atom. The third-order valence-electron chi connectivity index (χ3n) is 5.51. The molecule has 21 heavy (non-hydrogen) atoms. The number of nitrogens with two attached hydrogens (primary N) is 1. The van der Waals surface area contributed by atoms with Gasteiger partial charge in [-0.15, -0.1) is 0 Å². The highest BCUT2D eigenvalue weighted by atomic mass is 15.2. The van der Waals surface area contributed by atoms with Crippen LogP contribution in [0.5, 0.6) is 0 Å². The third-order valence-corrected chi connectivity index (χ3v) is 5.51. The third kappa shape index (κ3) is 2.53. The van der Waals surface area contributed by atoms with Crippen molar-refractivity contribution in [3.8, 4) is 0 Å². The Labute approximate surface area is 125 Å². The number of hydrogen-bond donors (Lipinski definition) is 2. The Kier molecular flexibility index (Phi) is 3.14. The van der Waals surface area contributed by atoms with E-state index in [0.29, 0.717) is 5.41 Å². The van der Waals surface area contributed by atoms with E-state index >= 15 is 0 Å². The van der Waals surface area contributed by atoms with Crippen LogP contribution in [0, 0.1) is 5.41 Å². The quantitative estimate of drug-likeness (QED) is 0.832. The van der Waals surface area contributed by atoms with Crippen molar-refractivity contribution in [2.45, 2.75) is 45.1 Å². The zero-order chi connectivity index (χ0) is 14.3. The van der Waals surface area contributed by atoms with E-state index in [2.05, 4.69) is 14.9 Å². The molecule has 2 heterocycles. The second-order valence-corrected chi connectivity index (χ2v) is 6.94. The van der Waals surface area contributed by atoms with E-state index in [4.69, 9.17) is 5.73 Å². The summed E-state index contributed by atoms with van der Waals surface area (Å²) < 4.78 is 0. The monoisotopic (exact) mass is 284 g/mol. The lowest BCUT2D eigenvalue weighted by molar-refractivity contribution is 0.102. The van der Waals surface area contributed by atoms with Crippen molar-refractivity contribution in [3.63, 3.8) is 0 Å². The van der Waals surface area contributed by atoms with Crippen LogP contribution in [0.2, 0.25) is 0 Å². The minimum Gasteiger partial charge on any atom is -0.399 e. The van der Waals surface area contributed by atoms with Crippen LogP contribution < -0.4 is 5.73 Å². The molecule has 4 heteroatoms. The Bertz CT molecular complexity index is 629. The molecule has 1 aromatic carbocycles. The van der Waals surface area contributed by atoms with Gasteiger partial charge in [-0.25, -0.2) is 4.98 Å². The fourth-order valence-corrected chi connectivity index (χ4v) is 4.18.